The van der Waals surface area contributed by atoms with Gasteiger partial charge in [-0.25, -0.2) is 13.2 Å². The first kappa shape index (κ1) is 20.4. The summed E-state index contributed by atoms with van der Waals surface area (Å²) in [6, 6.07) is 13.1. The summed E-state index contributed by atoms with van der Waals surface area (Å²) >= 11 is 0. The third-order valence-electron chi connectivity index (χ3n) is 3.76. The molecule has 0 atom stereocenters. The van der Waals surface area contributed by atoms with E-state index in [1.54, 1.807) is 43.5 Å². The Morgan fingerprint density at radius 2 is 1.70 bits per heavy atom. The minimum atomic E-state index is -3.80. The molecule has 2 rings (SSSR count). The van der Waals surface area contributed by atoms with Crippen molar-refractivity contribution in [3.8, 4) is 5.75 Å². The molecule has 0 heterocycles. The Balaban J connectivity index is 2.00. The molecule has 8 nitrogen and oxygen atoms in total. The number of hydrogen-bond acceptors (Lipinski definition) is 5. The fourth-order valence-electron chi connectivity index (χ4n) is 2.13. The largest absolute Gasteiger partial charge is 0.497 e. The number of aryl methyl sites for hydroxylation is 1. The van der Waals surface area contributed by atoms with E-state index in [-0.39, 0.29) is 10.7 Å². The van der Waals surface area contributed by atoms with Crippen LogP contribution in [0.1, 0.15) is 11.1 Å². The molecule has 0 bridgehead atoms. The summed E-state index contributed by atoms with van der Waals surface area (Å²) in [6.07, 6.45) is 0. The van der Waals surface area contributed by atoms with Crippen LogP contribution in [0, 0.1) is 6.92 Å². The van der Waals surface area contributed by atoms with E-state index < -0.39 is 22.5 Å². The van der Waals surface area contributed by atoms with Gasteiger partial charge in [0.05, 0.1) is 17.6 Å². The summed E-state index contributed by atoms with van der Waals surface area (Å²) in [5.41, 5.74) is 7.33. The Bertz CT molecular complexity index is 922. The van der Waals surface area contributed by atoms with Crippen molar-refractivity contribution in [2.75, 3.05) is 20.7 Å². The number of carbonyl (C=O) groups is 1. The molecule has 0 unspecified atom stereocenters. The van der Waals surface area contributed by atoms with E-state index in [0.717, 1.165) is 9.87 Å². The van der Waals surface area contributed by atoms with Gasteiger partial charge in [0.15, 0.2) is 0 Å². The Labute approximate surface area is 158 Å². The molecule has 0 spiro atoms. The van der Waals surface area contributed by atoms with Gasteiger partial charge in [0, 0.05) is 7.05 Å². The summed E-state index contributed by atoms with van der Waals surface area (Å²) in [5, 5.41) is 2.32. The lowest BCUT2D eigenvalue weighted by atomic mass is 10.2. The summed E-state index contributed by atoms with van der Waals surface area (Å²) in [5.74, 6) is -0.0359. The smallest absolute Gasteiger partial charge is 0.372 e. The summed E-state index contributed by atoms with van der Waals surface area (Å²) in [6.45, 7) is 1.38. The molecule has 144 valence electrons. The lowest BCUT2D eigenvalue weighted by Crippen LogP contribution is -2.76. The van der Waals surface area contributed by atoms with Gasteiger partial charge in [0.25, 0.3) is 0 Å². The Hall–Kier alpha value is -2.91. The van der Waals surface area contributed by atoms with Gasteiger partial charge in [0.2, 0.25) is 10.0 Å². The topological polar surface area (TPSA) is 113 Å². The predicted molar refractivity (Wildman–Crippen MR) is 99.3 cm³/mol. The zero-order valence-electron chi connectivity index (χ0n) is 15.3. The minimum Gasteiger partial charge on any atom is -0.497 e. The van der Waals surface area contributed by atoms with E-state index in [4.69, 9.17) is 15.3 Å². The van der Waals surface area contributed by atoms with Crippen molar-refractivity contribution < 1.29 is 27.9 Å². The van der Waals surface area contributed by atoms with Crippen molar-refractivity contribution in [1.29, 1.82) is 0 Å². The quantitative estimate of drug-likeness (QED) is 0.286. The third-order valence-corrected chi connectivity index (χ3v) is 5.57. The molecule has 0 aliphatic rings. The number of sulfonamides is 1. The first-order valence-corrected chi connectivity index (χ1v) is 9.43. The second-order valence-electron chi connectivity index (χ2n) is 5.79. The van der Waals surface area contributed by atoms with Crippen LogP contribution in [0.4, 0.5) is 0 Å². The molecule has 0 radical (unpaired) electrons. The molecule has 9 heteroatoms. The van der Waals surface area contributed by atoms with Crippen LogP contribution in [0.2, 0.25) is 0 Å². The van der Waals surface area contributed by atoms with Crippen molar-refractivity contribution in [1.82, 2.24) is 4.31 Å². The van der Waals surface area contributed by atoms with E-state index in [9.17, 15) is 13.2 Å². The van der Waals surface area contributed by atoms with Crippen LogP contribution < -0.4 is 15.6 Å². The van der Waals surface area contributed by atoms with Gasteiger partial charge < -0.3 is 4.74 Å². The molecule has 0 aliphatic heterocycles. The number of nitrogens with two attached hydrogens (primary N) is 1. The average Bonchev–Trinajstić information content (AvgIpc) is 2.66. The molecule has 0 aromatic heterocycles. The molecule has 0 saturated heterocycles. The van der Waals surface area contributed by atoms with Crippen molar-refractivity contribution in [2.24, 2.45) is 5.73 Å². The van der Waals surface area contributed by atoms with Gasteiger partial charge in [-0.1, -0.05) is 22.9 Å². The second kappa shape index (κ2) is 8.65. The van der Waals surface area contributed by atoms with E-state index in [1.165, 1.54) is 19.2 Å². The van der Waals surface area contributed by atoms with Gasteiger partial charge >= 0.3 is 11.8 Å². The highest BCUT2D eigenvalue weighted by Crippen LogP contribution is 2.14. The van der Waals surface area contributed by atoms with Crippen molar-refractivity contribution >= 4 is 21.8 Å². The van der Waals surface area contributed by atoms with Gasteiger partial charge in [-0.3, -0.25) is 10.6 Å². The van der Waals surface area contributed by atoms with Crippen LogP contribution in [0.15, 0.2) is 53.4 Å². The maximum absolute atomic E-state index is 12.5. The molecule has 27 heavy (non-hydrogen) atoms. The van der Waals surface area contributed by atoms with Crippen LogP contribution in [0.5, 0.6) is 5.75 Å². The van der Waals surface area contributed by atoms with Crippen LogP contribution in [-0.4, -0.2) is 45.2 Å². The van der Waals surface area contributed by atoms with E-state index in [2.05, 4.69) is 5.16 Å². The van der Waals surface area contributed by atoms with Crippen LogP contribution in [0.25, 0.3) is 0 Å². The van der Waals surface area contributed by atoms with E-state index in [0.29, 0.717) is 11.3 Å². The standard InChI is InChI=1S/C18H21N3O5S/c1-13-4-10-16(11-5-13)27(23,24)21(2)12-17(22)26-20-18(19)14-6-8-15(25-3)9-7-14/h4-11H,12H2,1-3H3,(H2,19,20)/p+1. The number of nitrogen functional groups attached to an aromatic ring is 1. The SMILES string of the molecule is COc1ccc(C(N)=[NH+]OC(=O)CN(C)S(=O)(=O)c2ccc(C)cc2)cc1. The molecule has 0 amide bonds. The van der Waals surface area contributed by atoms with Gasteiger partial charge in [0.1, 0.15) is 12.3 Å². The molecule has 2 aromatic rings. The second-order valence-corrected chi connectivity index (χ2v) is 7.84. The molecule has 2 aromatic carbocycles. The highest BCUT2D eigenvalue weighted by molar-refractivity contribution is 7.89. The summed E-state index contributed by atoms with van der Waals surface area (Å²) in [7, 11) is -0.953. The number of nitrogens with one attached hydrogen (secondary N) is 1. The number of nitrogens with zero attached hydrogens (tertiary/aromatic N) is 1. The molecular weight excluding hydrogens is 370 g/mol. The highest BCUT2D eigenvalue weighted by Gasteiger charge is 2.24. The molecule has 0 aliphatic carbocycles. The average molecular weight is 392 g/mol. The maximum atomic E-state index is 12.5. The van der Waals surface area contributed by atoms with Gasteiger partial charge in [-0.2, -0.15) is 4.31 Å². The number of amidine groups is 1. The maximum Gasteiger partial charge on any atom is 0.372 e. The number of benzene rings is 2. The van der Waals surface area contributed by atoms with Crippen molar-refractivity contribution in [2.45, 2.75) is 11.8 Å². The Morgan fingerprint density at radius 1 is 1.11 bits per heavy atom. The molecule has 0 saturated carbocycles. The lowest BCUT2D eigenvalue weighted by molar-refractivity contribution is -0.723. The first-order chi connectivity index (χ1) is 12.7. The zero-order chi connectivity index (χ0) is 20.0. The zero-order valence-corrected chi connectivity index (χ0v) is 16.1. The number of methoxy groups -OCH3 is 1. The third kappa shape index (κ3) is 5.28. The number of ether oxygens (including phenoxy) is 1. The molecule has 0 fully saturated rings. The first-order valence-electron chi connectivity index (χ1n) is 7.99. The van der Waals surface area contributed by atoms with Crippen LogP contribution in [0.3, 0.4) is 0 Å². The van der Waals surface area contributed by atoms with Gasteiger partial charge in [-0.05, 0) is 43.3 Å². The number of carbonyl (C=O) groups excluding carboxylic acids is 1. The predicted octanol–water partition coefficient (Wildman–Crippen LogP) is -0.432. The minimum absolute atomic E-state index is 0.0978. The van der Waals surface area contributed by atoms with E-state index in [1.807, 2.05) is 6.92 Å². The van der Waals surface area contributed by atoms with Gasteiger partial charge in [-0.15, -0.1) is 0 Å². The highest BCUT2D eigenvalue weighted by atomic mass is 32.2. The molecular formula is C18H22N3O5S+. The Kier molecular flexibility index (Phi) is 6.54. The van der Waals surface area contributed by atoms with Crippen molar-refractivity contribution in [3.05, 3.63) is 59.7 Å². The normalized spacial score (nSPS) is 12.1. The van der Waals surface area contributed by atoms with Crippen LogP contribution in [-0.2, 0) is 19.7 Å². The lowest BCUT2D eigenvalue weighted by Gasteiger charge is -2.15. The molecule has 3 N–H and O–H groups in total. The van der Waals surface area contributed by atoms with Crippen LogP contribution >= 0.6 is 0 Å². The number of rotatable bonds is 7. The summed E-state index contributed by atoms with van der Waals surface area (Å²) in [4.78, 5) is 16.9. The Morgan fingerprint density at radius 3 is 2.26 bits per heavy atom. The van der Waals surface area contributed by atoms with Crippen molar-refractivity contribution in [3.63, 3.8) is 0 Å². The fourth-order valence-corrected chi connectivity index (χ4v) is 3.25. The number of hydrogen-bond donors (Lipinski definition) is 2. The van der Waals surface area contributed by atoms with E-state index >= 15 is 0 Å². The number of likely N-dealkylation sites (N-methyl/N-ethyl adjacent to an activating group) is 1. The fraction of sp³-hybridized carbons (Fsp3) is 0.222. The monoisotopic (exact) mass is 392 g/mol. The summed E-state index contributed by atoms with van der Waals surface area (Å²) < 4.78 is 30.9.